The van der Waals surface area contributed by atoms with E-state index in [-0.39, 0.29) is 5.91 Å². The molecular weight excluding hydrogens is 314 g/mol. The Morgan fingerprint density at radius 2 is 1.94 bits per heavy atom. The summed E-state index contributed by atoms with van der Waals surface area (Å²) in [4.78, 5) is 14.3. The van der Waals surface area contributed by atoms with Crippen molar-refractivity contribution in [2.24, 2.45) is 5.41 Å². The summed E-state index contributed by atoms with van der Waals surface area (Å²) in [5.41, 5.74) is 1.00. The van der Waals surface area contributed by atoms with Crippen molar-refractivity contribution in [1.82, 2.24) is 4.90 Å². The number of hydrogen-bond acceptors (Lipinski definition) is 1. The Kier molecular flexibility index (Phi) is 4.02. The Labute approximate surface area is 121 Å². The molecule has 0 spiro atoms. The monoisotopic (exact) mass is 329 g/mol. The quantitative estimate of drug-likeness (QED) is 0.749. The van der Waals surface area contributed by atoms with Gasteiger partial charge in [-0.05, 0) is 46.3 Å². The minimum atomic E-state index is 0.0693. The molecule has 0 atom stereocenters. The second kappa shape index (κ2) is 5.22. The number of carbonyl (C=O) groups excluding carboxylic acids is 1. The van der Waals surface area contributed by atoms with E-state index in [1.807, 2.05) is 17.0 Å². The van der Waals surface area contributed by atoms with Gasteiger partial charge in [0.15, 0.2) is 0 Å². The molecule has 2 rings (SSSR count). The zero-order valence-corrected chi connectivity index (χ0v) is 13.0. The minimum absolute atomic E-state index is 0.0693. The summed E-state index contributed by atoms with van der Waals surface area (Å²) in [6, 6.07) is 5.41. The largest absolute Gasteiger partial charge is 0.339 e. The highest BCUT2D eigenvalue weighted by molar-refractivity contribution is 9.10. The number of benzene rings is 1. The number of amides is 1. The molecule has 0 saturated carbocycles. The van der Waals surface area contributed by atoms with Crippen molar-refractivity contribution in [1.29, 1.82) is 0 Å². The average Bonchev–Trinajstić information content (AvgIpc) is 2.32. The SMILES string of the molecule is CC1(C)CCN(C(=O)c2cccc(Cl)c2Br)CC1. The van der Waals surface area contributed by atoms with E-state index in [4.69, 9.17) is 11.6 Å². The third-order valence-electron chi connectivity index (χ3n) is 3.59. The van der Waals surface area contributed by atoms with Crippen LogP contribution < -0.4 is 0 Å². The number of likely N-dealkylation sites (tertiary alicyclic amines) is 1. The molecule has 18 heavy (non-hydrogen) atoms. The van der Waals surface area contributed by atoms with Gasteiger partial charge in [-0.3, -0.25) is 4.79 Å². The van der Waals surface area contributed by atoms with Crippen LogP contribution in [0.15, 0.2) is 22.7 Å². The maximum atomic E-state index is 12.4. The third-order valence-corrected chi connectivity index (χ3v) is 4.98. The van der Waals surface area contributed by atoms with Crippen LogP contribution in [0.25, 0.3) is 0 Å². The summed E-state index contributed by atoms with van der Waals surface area (Å²) in [5.74, 6) is 0.0693. The molecule has 0 aromatic heterocycles. The van der Waals surface area contributed by atoms with E-state index in [0.717, 1.165) is 25.9 Å². The molecule has 2 nitrogen and oxygen atoms in total. The second-order valence-electron chi connectivity index (χ2n) is 5.56. The number of hydrogen-bond donors (Lipinski definition) is 0. The van der Waals surface area contributed by atoms with Gasteiger partial charge in [0.25, 0.3) is 5.91 Å². The summed E-state index contributed by atoms with van der Waals surface area (Å²) in [6.07, 6.45) is 2.11. The number of nitrogens with zero attached hydrogens (tertiary/aromatic N) is 1. The van der Waals surface area contributed by atoms with Gasteiger partial charge in [-0.15, -0.1) is 0 Å². The number of rotatable bonds is 1. The second-order valence-corrected chi connectivity index (χ2v) is 6.76. The first-order valence-electron chi connectivity index (χ1n) is 6.14. The fourth-order valence-electron chi connectivity index (χ4n) is 2.15. The van der Waals surface area contributed by atoms with E-state index in [9.17, 15) is 4.79 Å². The van der Waals surface area contributed by atoms with Gasteiger partial charge in [-0.25, -0.2) is 0 Å². The molecule has 0 N–H and O–H groups in total. The van der Waals surface area contributed by atoms with Gasteiger partial charge >= 0.3 is 0 Å². The molecule has 0 unspecified atom stereocenters. The highest BCUT2D eigenvalue weighted by Crippen LogP contribution is 2.32. The van der Waals surface area contributed by atoms with E-state index < -0.39 is 0 Å². The molecule has 1 heterocycles. The molecular formula is C14H17BrClNO. The zero-order valence-electron chi connectivity index (χ0n) is 10.7. The smallest absolute Gasteiger partial charge is 0.255 e. The highest BCUT2D eigenvalue weighted by Gasteiger charge is 2.29. The first-order valence-corrected chi connectivity index (χ1v) is 7.31. The van der Waals surface area contributed by atoms with Crippen molar-refractivity contribution in [2.75, 3.05) is 13.1 Å². The fourth-order valence-corrected chi connectivity index (χ4v) is 2.76. The predicted molar refractivity (Wildman–Crippen MR) is 78.1 cm³/mol. The lowest BCUT2D eigenvalue weighted by molar-refractivity contribution is 0.0629. The highest BCUT2D eigenvalue weighted by atomic mass is 79.9. The van der Waals surface area contributed by atoms with Gasteiger partial charge < -0.3 is 4.90 Å². The number of halogens is 2. The Hall–Kier alpha value is -0.540. The van der Waals surface area contributed by atoms with E-state index >= 15 is 0 Å². The average molecular weight is 331 g/mol. The van der Waals surface area contributed by atoms with Crippen molar-refractivity contribution >= 4 is 33.4 Å². The summed E-state index contributed by atoms with van der Waals surface area (Å²) in [7, 11) is 0. The van der Waals surface area contributed by atoms with Gasteiger partial charge in [0, 0.05) is 17.6 Å². The van der Waals surface area contributed by atoms with Gasteiger partial charge in [-0.2, -0.15) is 0 Å². The predicted octanol–water partition coefficient (Wildman–Crippen LogP) is 4.36. The molecule has 1 aromatic carbocycles. The van der Waals surface area contributed by atoms with Gasteiger partial charge in [0.2, 0.25) is 0 Å². The van der Waals surface area contributed by atoms with Crippen molar-refractivity contribution in [3.8, 4) is 0 Å². The zero-order chi connectivity index (χ0) is 13.3. The first-order chi connectivity index (χ1) is 8.41. The molecule has 1 amide bonds. The Bertz CT molecular complexity index is 463. The molecule has 1 aliphatic heterocycles. The molecule has 98 valence electrons. The van der Waals surface area contributed by atoms with E-state index in [0.29, 0.717) is 20.5 Å². The topological polar surface area (TPSA) is 20.3 Å². The Morgan fingerprint density at radius 3 is 2.56 bits per heavy atom. The molecule has 0 aliphatic carbocycles. The van der Waals surface area contributed by atoms with E-state index in [2.05, 4.69) is 29.8 Å². The van der Waals surface area contributed by atoms with Crippen LogP contribution in [0.5, 0.6) is 0 Å². The summed E-state index contributed by atoms with van der Waals surface area (Å²) in [5, 5.41) is 0.582. The lowest BCUT2D eigenvalue weighted by atomic mass is 9.82. The Balaban J connectivity index is 2.15. The first kappa shape index (κ1) is 13.9. The van der Waals surface area contributed by atoms with Crippen LogP contribution in [0.1, 0.15) is 37.0 Å². The summed E-state index contributed by atoms with van der Waals surface area (Å²) >= 11 is 9.41. The van der Waals surface area contributed by atoms with Crippen LogP contribution in [0, 0.1) is 5.41 Å². The maximum Gasteiger partial charge on any atom is 0.255 e. The minimum Gasteiger partial charge on any atom is -0.339 e. The van der Waals surface area contributed by atoms with Gasteiger partial charge in [0.05, 0.1) is 10.6 Å². The van der Waals surface area contributed by atoms with Crippen LogP contribution in [-0.4, -0.2) is 23.9 Å². The summed E-state index contributed by atoms with van der Waals surface area (Å²) < 4.78 is 0.696. The van der Waals surface area contributed by atoms with Crippen molar-refractivity contribution in [3.05, 3.63) is 33.3 Å². The lowest BCUT2D eigenvalue weighted by Crippen LogP contribution is -2.41. The summed E-state index contributed by atoms with van der Waals surface area (Å²) in [6.45, 7) is 6.16. The van der Waals surface area contributed by atoms with E-state index in [1.165, 1.54) is 0 Å². The van der Waals surface area contributed by atoms with Crippen LogP contribution in [0.4, 0.5) is 0 Å². The molecule has 4 heteroatoms. The van der Waals surface area contributed by atoms with Crippen LogP contribution >= 0.6 is 27.5 Å². The number of piperidine rings is 1. The fraction of sp³-hybridized carbons (Fsp3) is 0.500. The van der Waals surface area contributed by atoms with Crippen LogP contribution in [0.2, 0.25) is 5.02 Å². The molecule has 0 bridgehead atoms. The van der Waals surface area contributed by atoms with Crippen molar-refractivity contribution in [3.63, 3.8) is 0 Å². The number of carbonyl (C=O) groups is 1. The third kappa shape index (κ3) is 2.89. The maximum absolute atomic E-state index is 12.4. The lowest BCUT2D eigenvalue weighted by Gasteiger charge is -2.37. The van der Waals surface area contributed by atoms with Crippen molar-refractivity contribution in [2.45, 2.75) is 26.7 Å². The molecule has 1 aliphatic rings. The normalized spacial score (nSPS) is 18.8. The molecule has 0 radical (unpaired) electrons. The van der Waals surface area contributed by atoms with Gasteiger partial charge in [-0.1, -0.05) is 31.5 Å². The molecule has 1 saturated heterocycles. The van der Waals surface area contributed by atoms with Crippen molar-refractivity contribution < 1.29 is 4.79 Å². The van der Waals surface area contributed by atoms with Crippen LogP contribution in [-0.2, 0) is 0 Å². The standard InChI is InChI=1S/C14H17BrClNO/c1-14(2)6-8-17(9-7-14)13(18)10-4-3-5-11(16)12(10)15/h3-5H,6-9H2,1-2H3. The van der Waals surface area contributed by atoms with Gasteiger partial charge in [0.1, 0.15) is 0 Å². The van der Waals surface area contributed by atoms with Crippen LogP contribution in [0.3, 0.4) is 0 Å². The Morgan fingerprint density at radius 1 is 1.33 bits per heavy atom. The molecule has 1 fully saturated rings. The van der Waals surface area contributed by atoms with E-state index in [1.54, 1.807) is 6.07 Å². The molecule has 1 aromatic rings.